The van der Waals surface area contributed by atoms with Gasteiger partial charge in [0.15, 0.2) is 0 Å². The van der Waals surface area contributed by atoms with Gasteiger partial charge in [-0.3, -0.25) is 4.79 Å². The van der Waals surface area contributed by atoms with Gasteiger partial charge in [-0.1, -0.05) is 48.5 Å². The summed E-state index contributed by atoms with van der Waals surface area (Å²) in [5.74, 6) is -0.146. The first-order chi connectivity index (χ1) is 13.0. The van der Waals surface area contributed by atoms with E-state index in [9.17, 15) is 13.6 Å². The number of carbonyl (C=O) groups excluding carboxylic acids is 1. The highest BCUT2D eigenvalue weighted by Gasteiger charge is 2.13. The Labute approximate surface area is 158 Å². The van der Waals surface area contributed by atoms with Crippen LogP contribution < -0.4 is 4.74 Å². The highest BCUT2D eigenvalue weighted by atomic mass is 19.3. The van der Waals surface area contributed by atoms with Gasteiger partial charge in [0.2, 0.25) is 5.91 Å². The van der Waals surface area contributed by atoms with Crippen molar-refractivity contribution in [1.29, 1.82) is 0 Å². The van der Waals surface area contributed by atoms with Crippen molar-refractivity contribution in [3.63, 3.8) is 0 Å². The summed E-state index contributed by atoms with van der Waals surface area (Å²) in [6.07, 6.45) is 2.90. The number of rotatable bonds is 9. The minimum absolute atomic E-state index is 0.0412. The molecule has 0 fully saturated rings. The predicted molar refractivity (Wildman–Crippen MR) is 103 cm³/mol. The smallest absolute Gasteiger partial charge is 0.387 e. The summed E-state index contributed by atoms with van der Waals surface area (Å²) < 4.78 is 29.5. The molecule has 0 N–H and O–H groups in total. The van der Waals surface area contributed by atoms with Crippen molar-refractivity contribution in [3.05, 3.63) is 71.8 Å². The molecule has 0 radical (unpaired) electrons. The summed E-state index contributed by atoms with van der Waals surface area (Å²) in [6.45, 7) is -1.16. The Morgan fingerprint density at radius 1 is 1.04 bits per heavy atom. The summed E-state index contributed by atoms with van der Waals surface area (Å²) in [7, 11) is 3.89. The zero-order valence-electron chi connectivity index (χ0n) is 15.5. The van der Waals surface area contributed by atoms with Gasteiger partial charge in [-0.25, -0.2) is 0 Å². The average molecular weight is 374 g/mol. The summed E-state index contributed by atoms with van der Waals surface area (Å²) in [5, 5.41) is 0. The third kappa shape index (κ3) is 7.19. The monoisotopic (exact) mass is 374 g/mol. The number of halogens is 2. The lowest BCUT2D eigenvalue weighted by molar-refractivity contribution is -0.126. The number of nitrogens with zero attached hydrogens (tertiary/aromatic N) is 2. The molecule has 27 heavy (non-hydrogen) atoms. The average Bonchev–Trinajstić information content (AvgIpc) is 2.64. The molecule has 0 aliphatic carbocycles. The second-order valence-corrected chi connectivity index (χ2v) is 6.30. The molecular formula is C21H24F2N2O2. The van der Waals surface area contributed by atoms with E-state index in [2.05, 4.69) is 4.74 Å². The Balaban J connectivity index is 2.13. The molecule has 0 unspecified atom stereocenters. The van der Waals surface area contributed by atoms with E-state index in [0.717, 1.165) is 12.1 Å². The number of amides is 1. The Morgan fingerprint density at radius 2 is 1.70 bits per heavy atom. The van der Waals surface area contributed by atoms with Gasteiger partial charge in [-0.05, 0) is 31.8 Å². The Kier molecular flexibility index (Phi) is 7.95. The van der Waals surface area contributed by atoms with Crippen LogP contribution in [0, 0.1) is 0 Å². The van der Waals surface area contributed by atoms with Gasteiger partial charge < -0.3 is 14.5 Å². The first-order valence-electron chi connectivity index (χ1n) is 8.65. The molecule has 0 atom stereocenters. The molecule has 0 saturated heterocycles. The van der Waals surface area contributed by atoms with E-state index in [1.807, 2.05) is 49.3 Å². The lowest BCUT2D eigenvalue weighted by Gasteiger charge is -2.23. The van der Waals surface area contributed by atoms with Crippen LogP contribution in [0.1, 0.15) is 11.1 Å². The second kappa shape index (κ2) is 10.4. The van der Waals surface area contributed by atoms with Crippen LogP contribution in [0.15, 0.2) is 60.7 Å². The van der Waals surface area contributed by atoms with Crippen LogP contribution in [-0.2, 0) is 11.3 Å². The van der Waals surface area contributed by atoms with Crippen molar-refractivity contribution < 1.29 is 18.3 Å². The summed E-state index contributed by atoms with van der Waals surface area (Å²) >= 11 is 0. The lowest BCUT2D eigenvalue weighted by Crippen LogP contribution is -2.35. The van der Waals surface area contributed by atoms with E-state index >= 15 is 0 Å². The van der Waals surface area contributed by atoms with Crippen LogP contribution in [0.3, 0.4) is 0 Å². The van der Waals surface area contributed by atoms with E-state index in [-0.39, 0.29) is 11.7 Å². The molecule has 2 aromatic rings. The molecule has 4 nitrogen and oxygen atoms in total. The molecule has 0 bridgehead atoms. The minimum Gasteiger partial charge on any atom is -0.434 e. The maximum atomic E-state index is 12.7. The standard InChI is InChI=1S/C21H24F2N2O2/c1-24(2)14-15-25(16-17-8-4-3-5-9-17)20(26)13-12-18-10-6-7-11-19(18)27-21(22)23/h3-13,21H,14-16H2,1-2H3/b13-12+. The highest BCUT2D eigenvalue weighted by molar-refractivity contribution is 5.92. The van der Waals surface area contributed by atoms with Crippen molar-refractivity contribution in [1.82, 2.24) is 9.80 Å². The molecule has 1 amide bonds. The number of hydrogen-bond donors (Lipinski definition) is 0. The Hall–Kier alpha value is -2.73. The molecule has 2 aromatic carbocycles. The van der Waals surface area contributed by atoms with Crippen LogP contribution in [0.25, 0.3) is 6.08 Å². The van der Waals surface area contributed by atoms with Gasteiger partial charge in [-0.2, -0.15) is 8.78 Å². The fourth-order valence-corrected chi connectivity index (χ4v) is 2.48. The van der Waals surface area contributed by atoms with Crippen molar-refractivity contribution in [2.45, 2.75) is 13.2 Å². The maximum Gasteiger partial charge on any atom is 0.387 e. The van der Waals surface area contributed by atoms with Gasteiger partial charge >= 0.3 is 6.61 Å². The molecule has 0 spiro atoms. The van der Waals surface area contributed by atoms with Crippen molar-refractivity contribution >= 4 is 12.0 Å². The normalized spacial score (nSPS) is 11.3. The van der Waals surface area contributed by atoms with Crippen LogP contribution >= 0.6 is 0 Å². The van der Waals surface area contributed by atoms with Crippen molar-refractivity contribution in [2.75, 3.05) is 27.2 Å². The number of alkyl halides is 2. The Morgan fingerprint density at radius 3 is 2.37 bits per heavy atom. The first-order valence-corrected chi connectivity index (χ1v) is 8.65. The number of para-hydroxylation sites is 1. The van der Waals surface area contributed by atoms with Crippen LogP contribution in [0.4, 0.5) is 8.78 Å². The molecule has 0 aliphatic rings. The summed E-state index contributed by atoms with van der Waals surface area (Å²) in [5.41, 5.74) is 1.46. The quantitative estimate of drug-likeness (QED) is 0.624. The topological polar surface area (TPSA) is 32.8 Å². The third-order valence-electron chi connectivity index (χ3n) is 3.89. The number of benzene rings is 2. The van der Waals surface area contributed by atoms with E-state index in [0.29, 0.717) is 18.7 Å². The van der Waals surface area contributed by atoms with Gasteiger partial charge in [0.1, 0.15) is 5.75 Å². The third-order valence-corrected chi connectivity index (χ3v) is 3.89. The van der Waals surface area contributed by atoms with Gasteiger partial charge in [0, 0.05) is 31.3 Å². The number of ether oxygens (including phenoxy) is 1. The van der Waals surface area contributed by atoms with Crippen molar-refractivity contribution in [3.8, 4) is 5.75 Å². The van der Waals surface area contributed by atoms with Crippen LogP contribution in [0.5, 0.6) is 5.75 Å². The molecule has 144 valence electrons. The molecule has 0 aromatic heterocycles. The molecule has 0 aliphatic heterocycles. The number of hydrogen-bond acceptors (Lipinski definition) is 3. The largest absolute Gasteiger partial charge is 0.434 e. The van der Waals surface area contributed by atoms with Gasteiger partial charge in [0.25, 0.3) is 0 Å². The van der Waals surface area contributed by atoms with Crippen LogP contribution in [-0.4, -0.2) is 49.5 Å². The summed E-state index contributed by atoms with van der Waals surface area (Å²) in [6, 6.07) is 16.1. The fourth-order valence-electron chi connectivity index (χ4n) is 2.48. The Bertz CT molecular complexity index is 749. The summed E-state index contributed by atoms with van der Waals surface area (Å²) in [4.78, 5) is 16.4. The predicted octanol–water partition coefficient (Wildman–Crippen LogP) is 3.89. The van der Waals surface area contributed by atoms with E-state index in [1.54, 1.807) is 23.1 Å². The maximum absolute atomic E-state index is 12.7. The van der Waals surface area contributed by atoms with Crippen molar-refractivity contribution in [2.24, 2.45) is 0 Å². The number of likely N-dealkylation sites (N-methyl/N-ethyl adjacent to an activating group) is 1. The van der Waals surface area contributed by atoms with E-state index in [4.69, 9.17) is 0 Å². The molecule has 6 heteroatoms. The van der Waals surface area contributed by atoms with Crippen LogP contribution in [0.2, 0.25) is 0 Å². The SMILES string of the molecule is CN(C)CCN(Cc1ccccc1)C(=O)/C=C/c1ccccc1OC(F)F. The minimum atomic E-state index is -2.91. The molecule has 0 heterocycles. The molecule has 0 saturated carbocycles. The van der Waals surface area contributed by atoms with E-state index in [1.165, 1.54) is 18.2 Å². The molecule has 2 rings (SSSR count). The van der Waals surface area contributed by atoms with E-state index < -0.39 is 6.61 Å². The molecular weight excluding hydrogens is 350 g/mol. The zero-order chi connectivity index (χ0) is 19.6. The zero-order valence-corrected chi connectivity index (χ0v) is 15.5. The second-order valence-electron chi connectivity index (χ2n) is 6.30. The van der Waals surface area contributed by atoms with Gasteiger partial charge in [0.05, 0.1) is 0 Å². The lowest BCUT2D eigenvalue weighted by atomic mass is 10.1. The first kappa shape index (κ1) is 20.6. The highest BCUT2D eigenvalue weighted by Crippen LogP contribution is 2.21. The fraction of sp³-hybridized carbons (Fsp3) is 0.286. The number of carbonyl (C=O) groups is 1. The van der Waals surface area contributed by atoms with Gasteiger partial charge in [-0.15, -0.1) is 0 Å².